The highest BCUT2D eigenvalue weighted by atomic mass is 19.2. The van der Waals surface area contributed by atoms with Crippen LogP contribution in [-0.4, -0.2) is 0 Å². The Hall–Kier alpha value is -2.81. The van der Waals surface area contributed by atoms with Gasteiger partial charge in [-0.3, -0.25) is 0 Å². The number of hydrogen-bond donors (Lipinski definition) is 0. The van der Waals surface area contributed by atoms with E-state index in [1.165, 1.54) is 38.5 Å². The summed E-state index contributed by atoms with van der Waals surface area (Å²) in [7, 11) is 0. The zero-order valence-electron chi connectivity index (χ0n) is 24.1. The Kier molecular flexibility index (Phi) is 9.50. The molecular formula is C37H43F3. The van der Waals surface area contributed by atoms with Crippen molar-refractivity contribution in [3.8, 4) is 22.3 Å². The van der Waals surface area contributed by atoms with Crippen LogP contribution < -0.4 is 0 Å². The van der Waals surface area contributed by atoms with Crippen molar-refractivity contribution >= 4 is 0 Å². The summed E-state index contributed by atoms with van der Waals surface area (Å²) < 4.78 is 44.7. The van der Waals surface area contributed by atoms with Gasteiger partial charge in [0.05, 0.1) is 0 Å². The molecule has 3 aromatic carbocycles. The van der Waals surface area contributed by atoms with Crippen LogP contribution in [0.1, 0.15) is 95.1 Å². The van der Waals surface area contributed by atoms with Crippen molar-refractivity contribution < 1.29 is 13.2 Å². The molecular weight excluding hydrogens is 501 g/mol. The maximum atomic E-state index is 15.3. The van der Waals surface area contributed by atoms with Gasteiger partial charge in [0, 0.05) is 11.1 Å². The summed E-state index contributed by atoms with van der Waals surface area (Å²) in [4.78, 5) is 0. The maximum Gasteiger partial charge on any atom is 0.166 e. The van der Waals surface area contributed by atoms with Crippen LogP contribution in [0.5, 0.6) is 0 Å². The maximum absolute atomic E-state index is 15.3. The van der Waals surface area contributed by atoms with Gasteiger partial charge in [-0.05, 0) is 123 Å². The number of benzene rings is 3. The molecule has 3 heteroatoms. The molecule has 0 unspecified atom stereocenters. The second kappa shape index (κ2) is 13.2. The first-order valence-electron chi connectivity index (χ1n) is 15.5. The third kappa shape index (κ3) is 6.40. The summed E-state index contributed by atoms with van der Waals surface area (Å²) in [6, 6.07) is 16.1. The average molecular weight is 545 g/mol. The minimum Gasteiger partial charge on any atom is -0.206 e. The van der Waals surface area contributed by atoms with Gasteiger partial charge in [0.1, 0.15) is 5.82 Å². The summed E-state index contributed by atoms with van der Waals surface area (Å²) in [5, 5.41) is 0. The van der Waals surface area contributed by atoms with E-state index >= 15 is 4.39 Å². The topological polar surface area (TPSA) is 0 Å². The van der Waals surface area contributed by atoms with Gasteiger partial charge in [0.15, 0.2) is 11.6 Å². The van der Waals surface area contributed by atoms with Crippen LogP contribution in [0, 0.1) is 35.2 Å². The van der Waals surface area contributed by atoms with Gasteiger partial charge in [-0.25, -0.2) is 13.2 Å². The van der Waals surface area contributed by atoms with E-state index in [4.69, 9.17) is 0 Å². The van der Waals surface area contributed by atoms with E-state index < -0.39 is 11.6 Å². The largest absolute Gasteiger partial charge is 0.206 e. The lowest BCUT2D eigenvalue weighted by Crippen LogP contribution is -2.25. The SMILES string of the molecule is C/C=C/C1CCC(C2CCC(c3ccc(-c4ccc(-c5ccc(CCCC)c(F)c5F)cc4)c(F)c3)CC2)CC1. The predicted molar refractivity (Wildman–Crippen MR) is 161 cm³/mol. The van der Waals surface area contributed by atoms with Crippen molar-refractivity contribution in [2.75, 3.05) is 0 Å². The summed E-state index contributed by atoms with van der Waals surface area (Å²) in [5.41, 5.74) is 3.64. The molecule has 212 valence electrons. The minimum absolute atomic E-state index is 0.216. The second-order valence-electron chi connectivity index (χ2n) is 12.1. The zero-order valence-corrected chi connectivity index (χ0v) is 24.1. The Morgan fingerprint density at radius 1 is 0.700 bits per heavy atom. The Morgan fingerprint density at radius 2 is 1.30 bits per heavy atom. The first-order valence-corrected chi connectivity index (χ1v) is 15.5. The molecule has 0 N–H and O–H groups in total. The van der Waals surface area contributed by atoms with E-state index in [1.54, 1.807) is 42.5 Å². The quantitative estimate of drug-likeness (QED) is 0.247. The van der Waals surface area contributed by atoms with Crippen molar-refractivity contribution in [1.29, 1.82) is 0 Å². The van der Waals surface area contributed by atoms with E-state index in [2.05, 4.69) is 25.1 Å². The molecule has 5 rings (SSSR count). The second-order valence-corrected chi connectivity index (χ2v) is 12.1. The molecule has 0 nitrogen and oxygen atoms in total. The molecule has 0 radical (unpaired) electrons. The Balaban J connectivity index is 1.22. The zero-order chi connectivity index (χ0) is 28.1. The number of unbranched alkanes of at least 4 members (excludes halogenated alkanes) is 1. The normalized spacial score (nSPS) is 23.5. The first-order chi connectivity index (χ1) is 19.5. The fraction of sp³-hybridized carbons (Fsp3) is 0.459. The predicted octanol–water partition coefficient (Wildman–Crippen LogP) is 11.4. The lowest BCUT2D eigenvalue weighted by Gasteiger charge is -2.37. The van der Waals surface area contributed by atoms with Crippen LogP contribution >= 0.6 is 0 Å². The molecule has 2 aliphatic carbocycles. The molecule has 0 spiro atoms. The van der Waals surface area contributed by atoms with Crippen molar-refractivity contribution in [1.82, 2.24) is 0 Å². The molecule has 0 aromatic heterocycles. The minimum atomic E-state index is -0.812. The number of rotatable bonds is 8. The molecule has 2 saturated carbocycles. The lowest BCUT2D eigenvalue weighted by atomic mass is 9.68. The standard InChI is InChI=1S/C37H43F3/c1-3-5-7-31-20-23-34(37(40)36(31)39)30-18-16-29(17-19-30)33-22-21-32(24-35(33)38)28-14-12-27(13-15-28)26-10-8-25(6-4-2)9-11-26/h4,6,16-28H,3,5,7-15H2,1-2H3/b6-4+. The fourth-order valence-electron chi connectivity index (χ4n) is 7.23. The van der Waals surface area contributed by atoms with Gasteiger partial charge < -0.3 is 0 Å². The van der Waals surface area contributed by atoms with E-state index in [1.807, 2.05) is 13.0 Å². The number of hydrogen-bond acceptors (Lipinski definition) is 0. The van der Waals surface area contributed by atoms with Crippen molar-refractivity contribution in [2.45, 2.75) is 90.4 Å². The Morgan fingerprint density at radius 3 is 1.90 bits per heavy atom. The van der Waals surface area contributed by atoms with Gasteiger partial charge in [-0.2, -0.15) is 0 Å². The molecule has 0 amide bonds. The smallest absolute Gasteiger partial charge is 0.166 e. The van der Waals surface area contributed by atoms with E-state index in [-0.39, 0.29) is 11.4 Å². The Bertz CT molecular complexity index is 1290. The number of aryl methyl sites for hydroxylation is 1. The van der Waals surface area contributed by atoms with Crippen LogP contribution in [0.25, 0.3) is 22.3 Å². The number of halogens is 3. The third-order valence-electron chi connectivity index (χ3n) is 9.65. The highest BCUT2D eigenvalue weighted by Gasteiger charge is 2.31. The van der Waals surface area contributed by atoms with E-state index in [0.717, 1.165) is 54.6 Å². The van der Waals surface area contributed by atoms with E-state index in [9.17, 15) is 8.78 Å². The molecule has 0 atom stereocenters. The fourth-order valence-corrected chi connectivity index (χ4v) is 7.23. The summed E-state index contributed by atoms with van der Waals surface area (Å²) in [6.45, 7) is 4.16. The van der Waals surface area contributed by atoms with Crippen LogP contribution in [-0.2, 0) is 6.42 Å². The van der Waals surface area contributed by atoms with Crippen molar-refractivity contribution in [3.05, 3.63) is 95.3 Å². The summed E-state index contributed by atoms with van der Waals surface area (Å²) in [5.74, 6) is 1.12. The highest BCUT2D eigenvalue weighted by molar-refractivity contribution is 5.71. The molecule has 40 heavy (non-hydrogen) atoms. The molecule has 0 heterocycles. The Labute approximate surface area is 238 Å². The third-order valence-corrected chi connectivity index (χ3v) is 9.65. The lowest BCUT2D eigenvalue weighted by molar-refractivity contribution is 0.171. The van der Waals surface area contributed by atoms with Crippen molar-refractivity contribution in [3.63, 3.8) is 0 Å². The van der Waals surface area contributed by atoms with Crippen LogP contribution in [0.15, 0.2) is 66.7 Å². The van der Waals surface area contributed by atoms with Gasteiger partial charge in [0.2, 0.25) is 0 Å². The molecule has 0 bridgehead atoms. The van der Waals surface area contributed by atoms with E-state index in [0.29, 0.717) is 29.0 Å². The van der Waals surface area contributed by atoms with Crippen LogP contribution in [0.3, 0.4) is 0 Å². The molecule has 2 aliphatic rings. The number of allylic oxidation sites excluding steroid dienone is 2. The van der Waals surface area contributed by atoms with Crippen LogP contribution in [0.2, 0.25) is 0 Å². The summed E-state index contributed by atoms with van der Waals surface area (Å²) in [6.07, 6.45) is 17.1. The first kappa shape index (κ1) is 28.7. The van der Waals surface area contributed by atoms with Gasteiger partial charge in [-0.1, -0.05) is 74.0 Å². The van der Waals surface area contributed by atoms with Gasteiger partial charge >= 0.3 is 0 Å². The molecule has 2 fully saturated rings. The van der Waals surface area contributed by atoms with Gasteiger partial charge in [0.25, 0.3) is 0 Å². The van der Waals surface area contributed by atoms with Crippen LogP contribution in [0.4, 0.5) is 13.2 Å². The van der Waals surface area contributed by atoms with Gasteiger partial charge in [-0.15, -0.1) is 0 Å². The monoisotopic (exact) mass is 544 g/mol. The average Bonchev–Trinajstić information content (AvgIpc) is 2.99. The summed E-state index contributed by atoms with van der Waals surface area (Å²) >= 11 is 0. The van der Waals surface area contributed by atoms with Crippen molar-refractivity contribution in [2.24, 2.45) is 17.8 Å². The highest BCUT2D eigenvalue weighted by Crippen LogP contribution is 2.44. The molecule has 3 aromatic rings. The molecule has 0 aliphatic heterocycles. The molecule has 0 saturated heterocycles.